The molecule has 2 bridgehead atoms. The first-order valence-electron chi connectivity index (χ1n) is 15.9. The van der Waals surface area contributed by atoms with Crippen molar-refractivity contribution >= 4 is 22.8 Å². The van der Waals surface area contributed by atoms with Crippen molar-refractivity contribution in [2.24, 2.45) is 17.8 Å². The second-order valence-electron chi connectivity index (χ2n) is 13.9. The molecule has 1 aromatic carbocycles. The third-order valence-electron chi connectivity index (χ3n) is 9.61. The lowest BCUT2D eigenvalue weighted by Crippen LogP contribution is -2.47. The minimum atomic E-state index is -0.672. The van der Waals surface area contributed by atoms with Gasteiger partial charge < -0.3 is 9.64 Å². The number of Topliss-reactive ketones (excluding diaryl/α,β-unsaturated/α-hetero) is 1. The molecule has 1 atom stereocenters. The number of rotatable bonds is 7. The number of pyridine rings is 1. The Hall–Kier alpha value is -3.66. The molecule has 0 N–H and O–H groups in total. The average molecular weight is 605 g/mol. The van der Waals surface area contributed by atoms with E-state index in [1.165, 1.54) is 9.13 Å². The van der Waals surface area contributed by atoms with Crippen molar-refractivity contribution in [2.75, 3.05) is 19.6 Å². The maximum Gasteiger partial charge on any atom is 0.337 e. The fraction of sp³-hybridized carbons (Fsp3) is 0.559. The fourth-order valence-corrected chi connectivity index (χ4v) is 7.46. The number of ketones is 1. The van der Waals surface area contributed by atoms with Crippen LogP contribution in [0.1, 0.15) is 88.5 Å². The van der Waals surface area contributed by atoms with Crippen LogP contribution in [0.15, 0.2) is 46.1 Å². The van der Waals surface area contributed by atoms with E-state index in [1.54, 1.807) is 24.3 Å². The molecule has 0 radical (unpaired) electrons. The largest absolute Gasteiger partial charge is 0.460 e. The number of fused-ring (bicyclic) bond motifs is 4. The number of halogens is 1. The second kappa shape index (κ2) is 12.0. The van der Waals surface area contributed by atoms with Gasteiger partial charge in [0.15, 0.2) is 11.4 Å². The van der Waals surface area contributed by atoms with Crippen LogP contribution >= 0.6 is 0 Å². The van der Waals surface area contributed by atoms with Crippen LogP contribution in [0.5, 0.6) is 0 Å². The van der Waals surface area contributed by atoms with E-state index in [0.717, 1.165) is 44.7 Å². The first kappa shape index (κ1) is 30.4. The highest BCUT2D eigenvalue weighted by Gasteiger charge is 2.35. The first-order chi connectivity index (χ1) is 21.0. The number of hydrogen-bond acceptors (Lipinski definition) is 7. The number of benzene rings is 1. The van der Waals surface area contributed by atoms with Crippen LogP contribution in [-0.4, -0.2) is 56.0 Å². The molecule has 234 valence electrons. The van der Waals surface area contributed by atoms with Gasteiger partial charge in [0.05, 0.1) is 17.3 Å². The Balaban J connectivity index is 1.30. The van der Waals surface area contributed by atoms with Crippen molar-refractivity contribution in [1.29, 1.82) is 0 Å². The molecule has 10 heteroatoms. The van der Waals surface area contributed by atoms with E-state index in [2.05, 4.69) is 9.88 Å². The van der Waals surface area contributed by atoms with Crippen molar-refractivity contribution in [3.8, 4) is 5.69 Å². The molecule has 7 rings (SSSR count). The lowest BCUT2D eigenvalue weighted by molar-refractivity contribution is -0.156. The standard InChI is InChI=1S/C34H41FN4O5/c1-34(2,3)44-30(41)15-21-7-9-26(10-8-21)39-32(42)28-18-25(35)19-36-31(28)38(33(39)43)27-6-4-5-23(16-27)29(40)17-24-20-37-13-11-22(24)12-14-37/h4-6,16,18-19,21-22,24,26H,7-15,17,20H2,1-3H3. The number of piperidine rings is 3. The van der Waals surface area contributed by atoms with Crippen LogP contribution in [0.4, 0.5) is 4.39 Å². The van der Waals surface area contributed by atoms with E-state index in [-0.39, 0.29) is 35.1 Å². The van der Waals surface area contributed by atoms with Gasteiger partial charge in [-0.15, -0.1) is 0 Å². The summed E-state index contributed by atoms with van der Waals surface area (Å²) < 4.78 is 22.4. The minimum Gasteiger partial charge on any atom is -0.460 e. The molecule has 0 amide bonds. The van der Waals surface area contributed by atoms with Crippen molar-refractivity contribution in [1.82, 2.24) is 19.0 Å². The zero-order chi connectivity index (χ0) is 31.2. The third kappa shape index (κ3) is 6.27. The number of esters is 1. The minimum absolute atomic E-state index is 0.00416. The molecule has 1 unspecified atom stereocenters. The van der Waals surface area contributed by atoms with Crippen LogP contribution in [0.3, 0.4) is 0 Å². The highest BCUT2D eigenvalue weighted by atomic mass is 19.1. The Kier molecular flexibility index (Phi) is 8.30. The highest BCUT2D eigenvalue weighted by Crippen LogP contribution is 2.36. The predicted molar refractivity (Wildman–Crippen MR) is 165 cm³/mol. The smallest absolute Gasteiger partial charge is 0.337 e. The molecular weight excluding hydrogens is 563 g/mol. The molecule has 44 heavy (non-hydrogen) atoms. The quantitative estimate of drug-likeness (QED) is 0.274. The van der Waals surface area contributed by atoms with Crippen LogP contribution in [0.25, 0.3) is 16.7 Å². The van der Waals surface area contributed by atoms with Gasteiger partial charge in [0, 0.05) is 31.0 Å². The molecule has 3 aromatic rings. The summed E-state index contributed by atoms with van der Waals surface area (Å²) in [6.07, 6.45) is 6.35. The average Bonchev–Trinajstić information content (AvgIpc) is 2.98. The summed E-state index contributed by atoms with van der Waals surface area (Å²) in [5, 5.41) is 0.00416. The summed E-state index contributed by atoms with van der Waals surface area (Å²) in [6.45, 7) is 8.66. The van der Waals surface area contributed by atoms with Crippen molar-refractivity contribution in [3.63, 3.8) is 0 Å². The summed E-state index contributed by atoms with van der Waals surface area (Å²) in [4.78, 5) is 60.2. The van der Waals surface area contributed by atoms with Crippen molar-refractivity contribution in [2.45, 2.75) is 83.8 Å². The van der Waals surface area contributed by atoms with E-state index in [1.807, 2.05) is 20.8 Å². The normalized spacial score (nSPS) is 25.2. The topological polar surface area (TPSA) is 104 Å². The zero-order valence-corrected chi connectivity index (χ0v) is 25.8. The molecule has 2 aromatic heterocycles. The molecule has 4 aliphatic rings. The molecule has 3 saturated heterocycles. The van der Waals surface area contributed by atoms with Gasteiger partial charge in [-0.25, -0.2) is 18.7 Å². The van der Waals surface area contributed by atoms with E-state index in [9.17, 15) is 23.6 Å². The monoisotopic (exact) mass is 604 g/mol. The maximum absolute atomic E-state index is 14.4. The van der Waals surface area contributed by atoms with Crippen LogP contribution in [-0.2, 0) is 9.53 Å². The van der Waals surface area contributed by atoms with E-state index >= 15 is 0 Å². The van der Waals surface area contributed by atoms with Gasteiger partial charge in [-0.3, -0.25) is 19.0 Å². The van der Waals surface area contributed by atoms with Gasteiger partial charge in [0.1, 0.15) is 11.4 Å². The molecule has 0 spiro atoms. The Morgan fingerprint density at radius 3 is 2.39 bits per heavy atom. The second-order valence-corrected chi connectivity index (χ2v) is 13.9. The number of hydrogen-bond donors (Lipinski definition) is 0. The van der Waals surface area contributed by atoms with Crippen LogP contribution in [0.2, 0.25) is 0 Å². The summed E-state index contributed by atoms with van der Waals surface area (Å²) >= 11 is 0. The van der Waals surface area contributed by atoms with Gasteiger partial charge >= 0.3 is 11.7 Å². The van der Waals surface area contributed by atoms with Crippen molar-refractivity contribution < 1.29 is 18.7 Å². The lowest BCUT2D eigenvalue weighted by atomic mass is 9.76. The van der Waals surface area contributed by atoms with Gasteiger partial charge in [-0.1, -0.05) is 12.1 Å². The predicted octanol–water partition coefficient (Wildman–Crippen LogP) is 5.06. The Bertz CT molecular complexity index is 1690. The fourth-order valence-electron chi connectivity index (χ4n) is 7.46. The van der Waals surface area contributed by atoms with Gasteiger partial charge in [-0.2, -0.15) is 0 Å². The van der Waals surface area contributed by atoms with Crippen molar-refractivity contribution in [3.05, 3.63) is 68.7 Å². The summed E-state index contributed by atoms with van der Waals surface area (Å²) in [7, 11) is 0. The van der Waals surface area contributed by atoms with Crippen LogP contribution < -0.4 is 11.2 Å². The molecule has 3 aliphatic heterocycles. The molecule has 4 fully saturated rings. The van der Waals surface area contributed by atoms with E-state index < -0.39 is 28.7 Å². The van der Waals surface area contributed by atoms with Crippen LogP contribution in [0, 0.1) is 23.6 Å². The highest BCUT2D eigenvalue weighted by molar-refractivity contribution is 5.96. The van der Waals surface area contributed by atoms with Gasteiger partial charge in [0.2, 0.25) is 0 Å². The Morgan fingerprint density at radius 1 is 1.00 bits per heavy atom. The molecule has 5 heterocycles. The number of carbonyl (C=O) groups is 2. The third-order valence-corrected chi connectivity index (χ3v) is 9.61. The number of carbonyl (C=O) groups excluding carboxylic acids is 2. The van der Waals surface area contributed by atoms with Gasteiger partial charge in [0.25, 0.3) is 5.56 Å². The molecule has 1 aliphatic carbocycles. The number of aromatic nitrogens is 3. The number of nitrogens with zero attached hydrogens (tertiary/aromatic N) is 4. The number of ether oxygens (including phenoxy) is 1. The maximum atomic E-state index is 14.4. The van der Waals surface area contributed by atoms with E-state index in [4.69, 9.17) is 4.74 Å². The van der Waals surface area contributed by atoms with E-state index in [0.29, 0.717) is 55.2 Å². The molecule has 9 nitrogen and oxygen atoms in total. The summed E-state index contributed by atoms with van der Waals surface area (Å²) in [5.74, 6) is 0.0929. The molecular formula is C34H41FN4O5. The van der Waals surface area contributed by atoms with Gasteiger partial charge in [-0.05, 0) is 108 Å². The lowest BCUT2D eigenvalue weighted by Gasteiger charge is -2.44. The Labute approximate surface area is 256 Å². The summed E-state index contributed by atoms with van der Waals surface area (Å²) in [5.41, 5.74) is -0.750. The summed E-state index contributed by atoms with van der Waals surface area (Å²) in [6, 6.07) is 7.60. The zero-order valence-electron chi connectivity index (χ0n) is 25.8. The SMILES string of the molecule is CC(C)(C)OC(=O)CC1CCC(n2c(=O)c3cc(F)cnc3n(-c3cccc(C(=O)CC4CN5CCC4CC5)c3)c2=O)CC1. The Morgan fingerprint density at radius 2 is 1.73 bits per heavy atom. The molecule has 1 saturated carbocycles. The first-order valence-corrected chi connectivity index (χ1v) is 15.9.